The molecule has 0 saturated heterocycles. The molecule has 1 unspecified atom stereocenters. The van der Waals surface area contributed by atoms with Crippen molar-refractivity contribution in [2.24, 2.45) is 0 Å². The highest BCUT2D eigenvalue weighted by atomic mass is 16.5. The Bertz CT molecular complexity index is 502. The topological polar surface area (TPSA) is 35.5 Å². The smallest absolute Gasteiger partial charge is 0.162 e. The third-order valence-electron chi connectivity index (χ3n) is 3.35. The number of carbonyl (C=O) groups is 1. The Balaban J connectivity index is 2.11. The Labute approximate surface area is 100 Å². The van der Waals surface area contributed by atoms with Crippen molar-refractivity contribution in [2.45, 2.75) is 25.4 Å². The van der Waals surface area contributed by atoms with E-state index in [4.69, 9.17) is 9.47 Å². The van der Waals surface area contributed by atoms with Crippen LogP contribution in [0.15, 0.2) is 23.8 Å². The van der Waals surface area contributed by atoms with Gasteiger partial charge < -0.3 is 9.47 Å². The van der Waals surface area contributed by atoms with Crippen LogP contribution in [0.4, 0.5) is 0 Å². The number of rotatable bonds is 1. The van der Waals surface area contributed by atoms with E-state index in [1.54, 1.807) is 7.11 Å². The zero-order chi connectivity index (χ0) is 11.8. The lowest BCUT2D eigenvalue weighted by Crippen LogP contribution is -2.31. The summed E-state index contributed by atoms with van der Waals surface area (Å²) in [4.78, 5) is 11.8. The average Bonchev–Trinajstić information content (AvgIpc) is 2.36. The Hall–Kier alpha value is -1.77. The minimum Gasteiger partial charge on any atom is -0.496 e. The van der Waals surface area contributed by atoms with E-state index in [1.807, 2.05) is 24.3 Å². The Morgan fingerprint density at radius 1 is 1.41 bits per heavy atom. The minimum absolute atomic E-state index is 0.0594. The normalized spacial score (nSPS) is 22.1. The maximum Gasteiger partial charge on any atom is 0.162 e. The molecule has 88 valence electrons. The molecule has 0 aromatic heterocycles. The number of ether oxygens (including phenoxy) is 2. The van der Waals surface area contributed by atoms with Crippen molar-refractivity contribution < 1.29 is 14.3 Å². The highest BCUT2D eigenvalue weighted by Crippen LogP contribution is 2.39. The molecule has 0 N–H and O–H groups in total. The van der Waals surface area contributed by atoms with Crippen molar-refractivity contribution in [3.63, 3.8) is 0 Å². The third kappa shape index (κ3) is 1.62. The van der Waals surface area contributed by atoms with Gasteiger partial charge in [0.2, 0.25) is 0 Å². The van der Waals surface area contributed by atoms with Crippen LogP contribution in [0.3, 0.4) is 0 Å². The Morgan fingerprint density at radius 3 is 3.12 bits per heavy atom. The number of fused-ring (bicyclic) bond motifs is 2. The van der Waals surface area contributed by atoms with Crippen LogP contribution in [0.2, 0.25) is 0 Å². The average molecular weight is 230 g/mol. The van der Waals surface area contributed by atoms with Crippen molar-refractivity contribution in [1.82, 2.24) is 0 Å². The largest absolute Gasteiger partial charge is 0.496 e. The first-order valence-electron chi connectivity index (χ1n) is 5.88. The molecule has 1 aromatic carbocycles. The van der Waals surface area contributed by atoms with Crippen LogP contribution in [0.5, 0.6) is 11.5 Å². The highest BCUT2D eigenvalue weighted by molar-refractivity contribution is 6.02. The molecule has 3 rings (SSSR count). The van der Waals surface area contributed by atoms with Crippen LogP contribution in [0.1, 0.15) is 24.8 Å². The number of methoxy groups -OCH3 is 1. The van der Waals surface area contributed by atoms with E-state index >= 15 is 0 Å². The molecule has 3 nitrogen and oxygen atoms in total. The molecule has 1 saturated carbocycles. The lowest BCUT2D eigenvalue weighted by molar-refractivity contribution is -0.117. The van der Waals surface area contributed by atoms with Crippen LogP contribution in [0.25, 0.3) is 6.08 Å². The first-order chi connectivity index (χ1) is 8.29. The molecular weight excluding hydrogens is 216 g/mol. The molecule has 0 amide bonds. The zero-order valence-electron chi connectivity index (χ0n) is 9.73. The van der Waals surface area contributed by atoms with E-state index < -0.39 is 0 Å². The number of Topliss-reactive ketones (excluding diaryl/α,β-unsaturated/α-hetero) is 1. The number of benzene rings is 1. The zero-order valence-corrected chi connectivity index (χ0v) is 9.73. The van der Waals surface area contributed by atoms with Gasteiger partial charge in [0.25, 0.3) is 0 Å². The van der Waals surface area contributed by atoms with Crippen molar-refractivity contribution >= 4 is 11.9 Å². The second-order valence-corrected chi connectivity index (χ2v) is 4.39. The Kier molecular flexibility index (Phi) is 2.39. The fourth-order valence-corrected chi connectivity index (χ4v) is 2.48. The lowest BCUT2D eigenvalue weighted by atomic mass is 9.87. The highest BCUT2D eigenvalue weighted by Gasteiger charge is 2.31. The molecule has 1 aliphatic heterocycles. The quantitative estimate of drug-likeness (QED) is 0.743. The van der Waals surface area contributed by atoms with E-state index in [-0.39, 0.29) is 11.9 Å². The van der Waals surface area contributed by atoms with Crippen molar-refractivity contribution in [3.05, 3.63) is 29.3 Å². The predicted octanol–water partition coefficient (Wildman–Crippen LogP) is 2.59. The summed E-state index contributed by atoms with van der Waals surface area (Å²) in [6, 6.07) is 5.71. The first-order valence-corrected chi connectivity index (χ1v) is 5.88. The summed E-state index contributed by atoms with van der Waals surface area (Å²) in [5.74, 6) is 1.78. The summed E-state index contributed by atoms with van der Waals surface area (Å²) in [6.07, 6.45) is 4.35. The molecule has 1 fully saturated rings. The van der Waals surface area contributed by atoms with Crippen LogP contribution < -0.4 is 9.47 Å². The van der Waals surface area contributed by atoms with Gasteiger partial charge in [0.1, 0.15) is 17.6 Å². The summed E-state index contributed by atoms with van der Waals surface area (Å²) in [5, 5.41) is 0. The van der Waals surface area contributed by atoms with Crippen LogP contribution in [-0.2, 0) is 4.79 Å². The second-order valence-electron chi connectivity index (χ2n) is 4.39. The fourth-order valence-electron chi connectivity index (χ4n) is 2.48. The van der Waals surface area contributed by atoms with E-state index in [2.05, 4.69) is 0 Å². The van der Waals surface area contributed by atoms with Gasteiger partial charge in [0.15, 0.2) is 5.78 Å². The van der Waals surface area contributed by atoms with Gasteiger partial charge >= 0.3 is 0 Å². The molecule has 1 heterocycles. The lowest BCUT2D eigenvalue weighted by Gasteiger charge is -2.30. The molecule has 2 aliphatic rings. The molecule has 3 heteroatoms. The molecule has 1 aromatic rings. The number of ketones is 1. The maximum atomic E-state index is 11.8. The number of hydrogen-bond acceptors (Lipinski definition) is 3. The molecule has 17 heavy (non-hydrogen) atoms. The standard InChI is InChI=1S/C14H14O3/c1-16-12-5-3-7-14-10(12)8-9-11(15)4-2-6-13(9)17-14/h3,5,7-8,13H,2,4,6H2,1H3. The number of carbonyl (C=O) groups excluding carboxylic acids is 1. The Morgan fingerprint density at radius 2 is 2.29 bits per heavy atom. The van der Waals surface area contributed by atoms with Gasteiger partial charge in [0, 0.05) is 12.0 Å². The van der Waals surface area contributed by atoms with Gasteiger partial charge in [-0.25, -0.2) is 0 Å². The summed E-state index contributed by atoms with van der Waals surface area (Å²) in [6.45, 7) is 0. The molecule has 0 bridgehead atoms. The molecule has 0 radical (unpaired) electrons. The van der Waals surface area contributed by atoms with Gasteiger partial charge in [-0.05, 0) is 31.1 Å². The van der Waals surface area contributed by atoms with Gasteiger partial charge in [-0.15, -0.1) is 0 Å². The van der Waals surface area contributed by atoms with Crippen LogP contribution in [-0.4, -0.2) is 19.0 Å². The van der Waals surface area contributed by atoms with E-state index in [0.717, 1.165) is 35.5 Å². The summed E-state index contributed by atoms with van der Waals surface area (Å²) >= 11 is 0. The summed E-state index contributed by atoms with van der Waals surface area (Å²) < 4.78 is 11.2. The van der Waals surface area contributed by atoms with E-state index in [1.165, 1.54) is 0 Å². The van der Waals surface area contributed by atoms with Gasteiger partial charge in [0.05, 0.1) is 12.7 Å². The fraction of sp³-hybridized carbons (Fsp3) is 0.357. The van der Waals surface area contributed by atoms with E-state index in [9.17, 15) is 4.79 Å². The van der Waals surface area contributed by atoms with Gasteiger partial charge in [-0.2, -0.15) is 0 Å². The molecule has 1 atom stereocenters. The summed E-state index contributed by atoms with van der Waals surface area (Å²) in [5.41, 5.74) is 1.68. The SMILES string of the molecule is COc1cccc2c1C=C1C(=O)CCCC1O2. The third-order valence-corrected chi connectivity index (χ3v) is 3.35. The van der Waals surface area contributed by atoms with Crippen molar-refractivity contribution in [3.8, 4) is 11.5 Å². The van der Waals surface area contributed by atoms with Crippen molar-refractivity contribution in [1.29, 1.82) is 0 Å². The van der Waals surface area contributed by atoms with Crippen LogP contribution in [0, 0.1) is 0 Å². The van der Waals surface area contributed by atoms with Crippen LogP contribution >= 0.6 is 0 Å². The van der Waals surface area contributed by atoms with E-state index in [0.29, 0.717) is 6.42 Å². The second kappa shape index (κ2) is 3.91. The predicted molar refractivity (Wildman–Crippen MR) is 64.2 cm³/mol. The van der Waals surface area contributed by atoms with Gasteiger partial charge in [-0.1, -0.05) is 6.07 Å². The summed E-state index contributed by atoms with van der Waals surface area (Å²) in [7, 11) is 1.63. The van der Waals surface area contributed by atoms with Gasteiger partial charge in [-0.3, -0.25) is 4.79 Å². The monoisotopic (exact) mass is 230 g/mol. The maximum absolute atomic E-state index is 11.8. The van der Waals surface area contributed by atoms with Crippen molar-refractivity contribution in [2.75, 3.05) is 7.11 Å². The molecule has 0 spiro atoms. The minimum atomic E-state index is -0.0594. The number of hydrogen-bond donors (Lipinski definition) is 0. The molecular formula is C14H14O3. The molecule has 1 aliphatic carbocycles. The first kappa shape index (κ1) is 10.4.